The van der Waals surface area contributed by atoms with Crippen LogP contribution in [0, 0.1) is 0 Å². The van der Waals surface area contributed by atoms with E-state index in [1.165, 1.54) is 6.92 Å². The second kappa shape index (κ2) is 13.9. The molecule has 8 N–H and O–H groups in total. The first kappa shape index (κ1) is 25.9. The Morgan fingerprint density at radius 3 is 1.92 bits per heavy atom. The Kier molecular flexibility index (Phi) is 13.8. The standard InChI is InChI=1S/C10H17N3O6S.C3H6O3/c11-5(10(18)19)1-2-7(14)13-6(4-20)9(17)12-3-8(15)16;1-2(4)3(5)6/h5-6,20H,1-4,11H2,(H,12,17)(H,13,14)(H,15,16)(H,18,19);2,4H,1H3,(H,5,6). The number of aliphatic carboxylic acids is 3. The van der Waals surface area contributed by atoms with Crippen LogP contribution in [0.2, 0.25) is 0 Å². The third-order valence-electron chi connectivity index (χ3n) is 2.61. The minimum absolute atomic E-state index is 0.0256. The number of carboxylic acids is 3. The van der Waals surface area contributed by atoms with E-state index in [4.69, 9.17) is 26.2 Å². The summed E-state index contributed by atoms with van der Waals surface area (Å²) in [5.74, 6) is -4.89. The zero-order valence-corrected chi connectivity index (χ0v) is 14.8. The average Bonchev–Trinajstić information content (AvgIpc) is 2.55. The van der Waals surface area contributed by atoms with E-state index in [0.29, 0.717) is 0 Å². The average molecular weight is 397 g/mol. The van der Waals surface area contributed by atoms with E-state index in [2.05, 4.69) is 23.3 Å². The van der Waals surface area contributed by atoms with Crippen molar-refractivity contribution in [3.8, 4) is 0 Å². The van der Waals surface area contributed by atoms with Crippen molar-refractivity contribution >= 4 is 42.4 Å². The molecule has 0 aliphatic carbocycles. The van der Waals surface area contributed by atoms with Crippen molar-refractivity contribution in [3.63, 3.8) is 0 Å². The fourth-order valence-electron chi connectivity index (χ4n) is 1.16. The molecule has 0 saturated carbocycles. The molecule has 26 heavy (non-hydrogen) atoms. The van der Waals surface area contributed by atoms with Crippen molar-refractivity contribution < 1.29 is 44.4 Å². The number of rotatable bonds is 10. The van der Waals surface area contributed by atoms with E-state index in [-0.39, 0.29) is 18.6 Å². The molecule has 0 aliphatic heterocycles. The van der Waals surface area contributed by atoms with Crippen LogP contribution in [0.15, 0.2) is 0 Å². The van der Waals surface area contributed by atoms with Gasteiger partial charge in [0.1, 0.15) is 24.7 Å². The molecule has 0 rings (SSSR count). The number of amides is 2. The summed E-state index contributed by atoms with van der Waals surface area (Å²) in [7, 11) is 0. The molecule has 150 valence electrons. The summed E-state index contributed by atoms with van der Waals surface area (Å²) < 4.78 is 0. The Morgan fingerprint density at radius 1 is 1.08 bits per heavy atom. The molecule has 0 aromatic rings. The summed E-state index contributed by atoms with van der Waals surface area (Å²) in [4.78, 5) is 53.2. The lowest BCUT2D eigenvalue weighted by molar-refractivity contribution is -0.145. The van der Waals surface area contributed by atoms with E-state index >= 15 is 0 Å². The Morgan fingerprint density at radius 2 is 1.58 bits per heavy atom. The number of nitrogens with two attached hydrogens (primary N) is 1. The second-order valence-electron chi connectivity index (χ2n) is 4.91. The van der Waals surface area contributed by atoms with Gasteiger partial charge in [0.2, 0.25) is 11.8 Å². The van der Waals surface area contributed by atoms with Crippen molar-refractivity contribution in [2.75, 3.05) is 12.3 Å². The number of hydrogen-bond donors (Lipinski definition) is 8. The van der Waals surface area contributed by atoms with Crippen molar-refractivity contribution in [1.29, 1.82) is 0 Å². The Bertz CT molecular complexity index is 513. The maximum absolute atomic E-state index is 11.5. The quantitative estimate of drug-likeness (QED) is 0.178. The Labute approximate surface area is 154 Å². The lowest BCUT2D eigenvalue weighted by atomic mass is 10.1. The smallest absolute Gasteiger partial charge is 0.332 e. The molecule has 0 spiro atoms. The van der Waals surface area contributed by atoms with Gasteiger partial charge in [0.05, 0.1) is 0 Å². The zero-order valence-electron chi connectivity index (χ0n) is 13.9. The van der Waals surface area contributed by atoms with Crippen LogP contribution in [0.25, 0.3) is 0 Å². The van der Waals surface area contributed by atoms with E-state index in [0.717, 1.165) is 0 Å². The molecule has 3 unspecified atom stereocenters. The van der Waals surface area contributed by atoms with Gasteiger partial charge in [-0.05, 0) is 13.3 Å². The number of thiol groups is 1. The predicted octanol–water partition coefficient (Wildman–Crippen LogP) is -2.75. The molecular formula is C13H23N3O9S. The molecule has 12 nitrogen and oxygen atoms in total. The Hall–Kier alpha value is -2.38. The molecule has 0 aromatic heterocycles. The monoisotopic (exact) mass is 397 g/mol. The highest BCUT2D eigenvalue weighted by molar-refractivity contribution is 7.80. The highest BCUT2D eigenvalue weighted by atomic mass is 32.1. The van der Waals surface area contributed by atoms with Gasteiger partial charge in [-0.1, -0.05) is 0 Å². The number of carboxylic acid groups (broad SMARTS) is 3. The highest BCUT2D eigenvalue weighted by Crippen LogP contribution is 1.97. The van der Waals surface area contributed by atoms with Crippen LogP contribution in [0.3, 0.4) is 0 Å². The third kappa shape index (κ3) is 14.0. The van der Waals surface area contributed by atoms with Gasteiger partial charge >= 0.3 is 17.9 Å². The number of aliphatic hydroxyl groups excluding tert-OH is 1. The van der Waals surface area contributed by atoms with Crippen LogP contribution in [0.5, 0.6) is 0 Å². The van der Waals surface area contributed by atoms with Crippen molar-refractivity contribution in [3.05, 3.63) is 0 Å². The molecule has 0 heterocycles. The third-order valence-corrected chi connectivity index (χ3v) is 2.97. The van der Waals surface area contributed by atoms with E-state index < -0.39 is 54.5 Å². The minimum atomic E-state index is -1.23. The molecule has 0 radical (unpaired) electrons. The molecule has 0 aliphatic rings. The van der Waals surface area contributed by atoms with Crippen LogP contribution in [-0.2, 0) is 24.0 Å². The first-order valence-electron chi connectivity index (χ1n) is 7.21. The van der Waals surface area contributed by atoms with E-state index in [1.54, 1.807) is 0 Å². The SMILES string of the molecule is CC(O)C(=O)O.NC(CCC(=O)NC(CS)C(=O)NCC(=O)O)C(=O)O. The summed E-state index contributed by atoms with van der Waals surface area (Å²) in [5.41, 5.74) is 5.23. The first-order valence-corrected chi connectivity index (χ1v) is 7.84. The number of hydrogen-bond acceptors (Lipinski definition) is 8. The molecule has 0 aromatic carbocycles. The molecule has 0 fully saturated rings. The molecule has 3 atom stereocenters. The van der Waals surface area contributed by atoms with Crippen LogP contribution in [-0.4, -0.2) is 80.6 Å². The van der Waals surface area contributed by atoms with Crippen molar-refractivity contribution in [2.45, 2.75) is 38.0 Å². The number of nitrogens with one attached hydrogen (secondary N) is 2. The van der Waals surface area contributed by atoms with Gasteiger partial charge in [0.15, 0.2) is 0 Å². The maximum atomic E-state index is 11.5. The molecule has 2 amide bonds. The molecule has 0 saturated heterocycles. The van der Waals surface area contributed by atoms with Gasteiger partial charge in [0.25, 0.3) is 0 Å². The summed E-state index contributed by atoms with van der Waals surface area (Å²) in [6.07, 6.45) is -1.47. The fraction of sp³-hybridized carbons (Fsp3) is 0.615. The maximum Gasteiger partial charge on any atom is 0.332 e. The first-order chi connectivity index (χ1) is 11.9. The predicted molar refractivity (Wildman–Crippen MR) is 90.6 cm³/mol. The summed E-state index contributed by atoms with van der Waals surface area (Å²) in [5, 5.41) is 37.1. The molecule has 0 bridgehead atoms. The lowest BCUT2D eigenvalue weighted by Gasteiger charge is -2.16. The van der Waals surface area contributed by atoms with Crippen LogP contribution in [0.1, 0.15) is 19.8 Å². The van der Waals surface area contributed by atoms with Crippen LogP contribution < -0.4 is 16.4 Å². The number of aliphatic hydroxyl groups is 1. The van der Waals surface area contributed by atoms with E-state index in [9.17, 15) is 24.0 Å². The summed E-state index contributed by atoms with van der Waals surface area (Å²) >= 11 is 3.87. The van der Waals surface area contributed by atoms with Gasteiger partial charge in [-0.3, -0.25) is 19.2 Å². The van der Waals surface area contributed by atoms with E-state index in [1.807, 2.05) is 0 Å². The van der Waals surface area contributed by atoms with Gasteiger partial charge in [-0.2, -0.15) is 12.6 Å². The van der Waals surface area contributed by atoms with Crippen molar-refractivity contribution in [1.82, 2.24) is 10.6 Å². The largest absolute Gasteiger partial charge is 0.480 e. The topological polar surface area (TPSA) is 216 Å². The van der Waals surface area contributed by atoms with Crippen LogP contribution >= 0.6 is 12.6 Å². The van der Waals surface area contributed by atoms with Gasteiger partial charge in [-0.25, -0.2) is 4.79 Å². The van der Waals surface area contributed by atoms with Gasteiger partial charge < -0.3 is 36.8 Å². The second-order valence-corrected chi connectivity index (χ2v) is 5.28. The van der Waals surface area contributed by atoms with Crippen molar-refractivity contribution in [2.24, 2.45) is 5.73 Å². The minimum Gasteiger partial charge on any atom is -0.480 e. The lowest BCUT2D eigenvalue weighted by Crippen LogP contribution is -2.49. The molecule has 13 heteroatoms. The van der Waals surface area contributed by atoms with Gasteiger partial charge in [-0.15, -0.1) is 0 Å². The fourth-order valence-corrected chi connectivity index (χ4v) is 1.41. The van der Waals surface area contributed by atoms with Crippen LogP contribution in [0.4, 0.5) is 0 Å². The number of carbonyl (C=O) groups is 5. The number of carbonyl (C=O) groups excluding carboxylic acids is 2. The highest BCUT2D eigenvalue weighted by Gasteiger charge is 2.20. The summed E-state index contributed by atoms with van der Waals surface area (Å²) in [6.45, 7) is 0.630. The Balaban J connectivity index is 0. The summed E-state index contributed by atoms with van der Waals surface area (Å²) in [6, 6.07) is -2.15. The normalized spacial score (nSPS) is 13.2. The molecular weight excluding hydrogens is 374 g/mol. The van der Waals surface area contributed by atoms with Gasteiger partial charge in [0, 0.05) is 12.2 Å². The zero-order chi connectivity index (χ0) is 20.9.